The van der Waals surface area contributed by atoms with Crippen molar-refractivity contribution in [3.05, 3.63) is 66.5 Å². The maximum absolute atomic E-state index is 8.98. The Morgan fingerprint density at radius 3 is 2.08 bits per heavy atom. The van der Waals surface area contributed by atoms with Crippen molar-refractivity contribution in [3.8, 4) is 6.01 Å². The molecule has 0 saturated carbocycles. The van der Waals surface area contributed by atoms with Crippen LogP contribution in [0.2, 0.25) is 0 Å². The highest BCUT2D eigenvalue weighted by molar-refractivity contribution is 5.94. The summed E-state index contributed by atoms with van der Waals surface area (Å²) in [5.74, 6) is 0.0935. The highest BCUT2D eigenvalue weighted by Crippen LogP contribution is 2.32. The molecule has 3 rings (SSSR count). The molecule has 3 aromatic rings. The molecule has 0 aliphatic carbocycles. The van der Waals surface area contributed by atoms with Crippen LogP contribution in [-0.4, -0.2) is 32.6 Å². The minimum absolute atomic E-state index is 0.0258. The van der Waals surface area contributed by atoms with Crippen molar-refractivity contribution >= 4 is 23.2 Å². The molecular formula is C18H18N6O2. The van der Waals surface area contributed by atoms with Gasteiger partial charge in [0.1, 0.15) is 0 Å². The van der Waals surface area contributed by atoms with Crippen molar-refractivity contribution in [1.29, 1.82) is 0 Å². The molecule has 0 aliphatic rings. The van der Waals surface area contributed by atoms with Crippen molar-refractivity contribution < 1.29 is 9.94 Å². The van der Waals surface area contributed by atoms with E-state index >= 15 is 0 Å². The first-order chi connectivity index (χ1) is 12.7. The summed E-state index contributed by atoms with van der Waals surface area (Å²) >= 11 is 0. The van der Waals surface area contributed by atoms with Gasteiger partial charge < -0.3 is 15.7 Å². The lowest BCUT2D eigenvalue weighted by molar-refractivity contribution is 0.309. The van der Waals surface area contributed by atoms with Crippen molar-refractivity contribution in [2.24, 2.45) is 10.9 Å². The van der Waals surface area contributed by atoms with E-state index in [1.807, 2.05) is 72.5 Å². The summed E-state index contributed by atoms with van der Waals surface area (Å²) in [5.41, 5.74) is 7.37. The number of hydrogen-bond donors (Lipinski definition) is 2. The lowest BCUT2D eigenvalue weighted by Gasteiger charge is -2.23. The topological polar surface area (TPSA) is 110 Å². The van der Waals surface area contributed by atoms with Crippen LogP contribution in [0.3, 0.4) is 0 Å². The molecule has 8 nitrogen and oxygen atoms in total. The Morgan fingerprint density at radius 1 is 1.00 bits per heavy atom. The van der Waals surface area contributed by atoms with Crippen LogP contribution >= 0.6 is 0 Å². The summed E-state index contributed by atoms with van der Waals surface area (Å²) in [6, 6.07) is 19.3. The Morgan fingerprint density at radius 2 is 1.58 bits per heavy atom. The van der Waals surface area contributed by atoms with Crippen LogP contribution in [0, 0.1) is 0 Å². The van der Waals surface area contributed by atoms with E-state index in [0.717, 1.165) is 11.4 Å². The van der Waals surface area contributed by atoms with Gasteiger partial charge in [0.2, 0.25) is 17.6 Å². The summed E-state index contributed by atoms with van der Waals surface area (Å²) in [6.07, 6.45) is 0. The summed E-state index contributed by atoms with van der Waals surface area (Å²) < 4.78 is 5.42. The smallest absolute Gasteiger partial charge is 0.321 e. The number of ether oxygens (including phenoxy) is 1. The van der Waals surface area contributed by atoms with E-state index in [1.165, 1.54) is 0 Å². The van der Waals surface area contributed by atoms with E-state index in [4.69, 9.17) is 15.7 Å². The molecule has 2 aromatic carbocycles. The number of nitrogens with two attached hydrogens (primary N) is 1. The standard InChI is InChI=1S/C18H18N6O2/c1-2-26-18-21-16(15(19)23-25)20-17(22-18)24(13-9-5-3-6-10-13)14-11-7-4-8-12-14/h3-12,25H,2H2,1H3,(H2,19,23). The first-order valence-electron chi connectivity index (χ1n) is 8.00. The first kappa shape index (κ1) is 17.2. The van der Waals surface area contributed by atoms with E-state index in [2.05, 4.69) is 20.1 Å². The highest BCUT2D eigenvalue weighted by Gasteiger charge is 2.19. The zero-order valence-electron chi connectivity index (χ0n) is 14.1. The fraction of sp³-hybridized carbons (Fsp3) is 0.111. The van der Waals surface area contributed by atoms with Gasteiger partial charge in [0.25, 0.3) is 0 Å². The quantitative estimate of drug-likeness (QED) is 0.304. The Labute approximate surface area is 150 Å². The predicted molar refractivity (Wildman–Crippen MR) is 98.2 cm³/mol. The number of hydrogen-bond acceptors (Lipinski definition) is 7. The van der Waals surface area contributed by atoms with Gasteiger partial charge in [-0.05, 0) is 31.2 Å². The molecule has 132 valence electrons. The lowest BCUT2D eigenvalue weighted by atomic mass is 10.2. The second-order valence-electron chi connectivity index (χ2n) is 5.17. The summed E-state index contributed by atoms with van der Waals surface area (Å²) in [5, 5.41) is 12.0. The van der Waals surface area contributed by atoms with E-state index in [1.54, 1.807) is 0 Å². The molecule has 0 unspecified atom stereocenters. The van der Waals surface area contributed by atoms with E-state index < -0.39 is 0 Å². The molecule has 3 N–H and O–H groups in total. The second kappa shape index (κ2) is 7.93. The molecule has 0 atom stereocenters. The number of aromatic nitrogens is 3. The van der Waals surface area contributed by atoms with Crippen molar-refractivity contribution in [1.82, 2.24) is 15.0 Å². The third-order valence-electron chi connectivity index (χ3n) is 3.44. The van der Waals surface area contributed by atoms with Crippen LogP contribution in [0.5, 0.6) is 6.01 Å². The second-order valence-corrected chi connectivity index (χ2v) is 5.17. The zero-order chi connectivity index (χ0) is 18.4. The third-order valence-corrected chi connectivity index (χ3v) is 3.44. The summed E-state index contributed by atoms with van der Waals surface area (Å²) in [6.45, 7) is 2.19. The van der Waals surface area contributed by atoms with E-state index in [9.17, 15) is 0 Å². The number of para-hydroxylation sites is 2. The highest BCUT2D eigenvalue weighted by atomic mass is 16.5. The molecule has 0 amide bonds. The van der Waals surface area contributed by atoms with Crippen molar-refractivity contribution in [3.63, 3.8) is 0 Å². The third kappa shape index (κ3) is 3.69. The SMILES string of the molecule is CCOc1nc(/C(N)=N/O)nc(N(c2ccccc2)c2ccccc2)n1. The van der Waals surface area contributed by atoms with Gasteiger partial charge in [-0.2, -0.15) is 15.0 Å². The summed E-state index contributed by atoms with van der Waals surface area (Å²) in [7, 11) is 0. The number of rotatable bonds is 6. The van der Waals surface area contributed by atoms with Gasteiger partial charge in [0.15, 0.2) is 0 Å². The fourth-order valence-electron chi connectivity index (χ4n) is 2.33. The van der Waals surface area contributed by atoms with Crippen LogP contribution in [0.15, 0.2) is 65.8 Å². The van der Waals surface area contributed by atoms with Crippen LogP contribution in [0.1, 0.15) is 12.7 Å². The molecule has 0 bridgehead atoms. The Balaban J connectivity index is 2.19. The largest absolute Gasteiger partial charge is 0.464 e. The lowest BCUT2D eigenvalue weighted by Crippen LogP contribution is -2.22. The number of nitrogens with zero attached hydrogens (tertiary/aromatic N) is 5. The molecule has 8 heteroatoms. The van der Waals surface area contributed by atoms with Gasteiger partial charge in [-0.1, -0.05) is 41.6 Å². The fourth-order valence-corrected chi connectivity index (χ4v) is 2.33. The molecule has 0 fully saturated rings. The number of benzene rings is 2. The Kier molecular flexibility index (Phi) is 5.23. The maximum Gasteiger partial charge on any atom is 0.321 e. The minimum Gasteiger partial charge on any atom is -0.464 e. The monoisotopic (exact) mass is 350 g/mol. The van der Waals surface area contributed by atoms with Crippen molar-refractivity contribution in [2.45, 2.75) is 6.92 Å². The Bertz CT molecular complexity index is 847. The maximum atomic E-state index is 8.98. The summed E-state index contributed by atoms with van der Waals surface area (Å²) in [4.78, 5) is 14.6. The molecule has 1 heterocycles. The first-order valence-corrected chi connectivity index (χ1v) is 8.00. The number of amidine groups is 1. The average Bonchev–Trinajstić information content (AvgIpc) is 2.69. The van der Waals surface area contributed by atoms with Crippen molar-refractivity contribution in [2.75, 3.05) is 11.5 Å². The molecule has 26 heavy (non-hydrogen) atoms. The molecule has 0 spiro atoms. The van der Waals surface area contributed by atoms with Crippen LogP contribution in [0.25, 0.3) is 0 Å². The van der Waals surface area contributed by atoms with E-state index in [0.29, 0.717) is 12.6 Å². The van der Waals surface area contributed by atoms with Gasteiger partial charge in [-0.15, -0.1) is 0 Å². The zero-order valence-corrected chi connectivity index (χ0v) is 14.1. The minimum atomic E-state index is -0.226. The predicted octanol–water partition coefficient (Wildman–Crippen LogP) is 2.83. The molecule has 0 aliphatic heterocycles. The van der Waals surface area contributed by atoms with Crippen LogP contribution in [0.4, 0.5) is 17.3 Å². The average molecular weight is 350 g/mol. The van der Waals surface area contributed by atoms with Crippen LogP contribution < -0.4 is 15.4 Å². The normalized spacial score (nSPS) is 11.2. The van der Waals surface area contributed by atoms with Crippen LogP contribution in [-0.2, 0) is 0 Å². The molecular weight excluding hydrogens is 332 g/mol. The van der Waals surface area contributed by atoms with Gasteiger partial charge in [-0.25, -0.2) is 0 Å². The Hall–Kier alpha value is -3.68. The number of anilines is 3. The van der Waals surface area contributed by atoms with Gasteiger partial charge in [0, 0.05) is 11.4 Å². The van der Waals surface area contributed by atoms with Gasteiger partial charge >= 0.3 is 6.01 Å². The van der Waals surface area contributed by atoms with E-state index in [-0.39, 0.29) is 17.7 Å². The van der Waals surface area contributed by atoms with Gasteiger partial charge in [0.05, 0.1) is 6.61 Å². The molecule has 0 radical (unpaired) electrons. The molecule has 0 saturated heterocycles. The number of oxime groups is 1. The molecule has 1 aromatic heterocycles. The van der Waals surface area contributed by atoms with Gasteiger partial charge in [-0.3, -0.25) is 4.90 Å².